The van der Waals surface area contributed by atoms with Gasteiger partial charge in [-0.15, -0.1) is 0 Å². The second-order valence-electron chi connectivity index (χ2n) is 9.79. The molecule has 6 nitrogen and oxygen atoms in total. The van der Waals surface area contributed by atoms with Crippen molar-refractivity contribution >= 4 is 5.97 Å². The number of alkyl halides is 6. The molecule has 1 saturated heterocycles. The summed E-state index contributed by atoms with van der Waals surface area (Å²) < 4.78 is 78.9. The van der Waals surface area contributed by atoms with Gasteiger partial charge in [-0.3, -0.25) is 19.6 Å². The molecule has 0 aliphatic carbocycles. The maximum atomic E-state index is 13.1. The standard InChI is InChI=1S/C28H27F6N3O3/c29-27(30,31)26(40,28(32,33)34)23-7-5-22(6-8-23)21-3-1-19(2-4-21)16-36-13-14-37(24(18-36)15-25(38)39)17-20-9-11-35-12-10-20/h1-12,24,40H,13-18H2,(H,38,39)/t24-/m1/s1. The van der Waals surface area contributed by atoms with Crippen molar-refractivity contribution in [2.24, 2.45) is 0 Å². The fraction of sp³-hybridized carbons (Fsp3) is 0.357. The Morgan fingerprint density at radius 3 is 1.85 bits per heavy atom. The summed E-state index contributed by atoms with van der Waals surface area (Å²) >= 11 is 0. The number of aliphatic hydroxyl groups is 1. The number of pyridine rings is 1. The summed E-state index contributed by atoms with van der Waals surface area (Å²) in [4.78, 5) is 19.8. The number of hydrogen-bond acceptors (Lipinski definition) is 5. The van der Waals surface area contributed by atoms with Crippen molar-refractivity contribution < 1.29 is 41.4 Å². The van der Waals surface area contributed by atoms with Crippen LogP contribution in [0.4, 0.5) is 26.3 Å². The highest BCUT2D eigenvalue weighted by Crippen LogP contribution is 2.50. The average Bonchev–Trinajstić information content (AvgIpc) is 2.89. The largest absolute Gasteiger partial charge is 0.481 e. The van der Waals surface area contributed by atoms with Gasteiger partial charge in [0, 0.05) is 56.7 Å². The lowest BCUT2D eigenvalue weighted by molar-refractivity contribution is -0.376. The van der Waals surface area contributed by atoms with E-state index in [1.807, 2.05) is 12.1 Å². The number of halogens is 6. The third-order valence-electron chi connectivity index (χ3n) is 7.05. The van der Waals surface area contributed by atoms with Crippen LogP contribution >= 0.6 is 0 Å². The number of nitrogens with zero attached hydrogens (tertiary/aromatic N) is 3. The molecule has 1 atom stereocenters. The van der Waals surface area contributed by atoms with Crippen LogP contribution in [-0.2, 0) is 23.5 Å². The lowest BCUT2D eigenvalue weighted by Crippen LogP contribution is -2.53. The molecular weight excluding hydrogens is 540 g/mol. The van der Waals surface area contributed by atoms with E-state index >= 15 is 0 Å². The Morgan fingerprint density at radius 1 is 0.800 bits per heavy atom. The Labute approximate surface area is 226 Å². The SMILES string of the molecule is O=C(O)C[C@@H]1CN(Cc2ccc(-c3ccc(C(O)(C(F)(F)F)C(F)(F)F)cc3)cc2)CCN1Cc1ccncc1. The van der Waals surface area contributed by atoms with Gasteiger partial charge in [0.25, 0.3) is 5.60 Å². The topological polar surface area (TPSA) is 76.9 Å². The lowest BCUT2D eigenvalue weighted by atomic mass is 9.90. The van der Waals surface area contributed by atoms with Crippen LogP contribution in [0.2, 0.25) is 0 Å². The second-order valence-corrected chi connectivity index (χ2v) is 9.79. The molecule has 40 heavy (non-hydrogen) atoms. The van der Waals surface area contributed by atoms with Crippen LogP contribution in [0.15, 0.2) is 73.1 Å². The molecule has 1 aliphatic heterocycles. The molecular formula is C28H27F6N3O3. The van der Waals surface area contributed by atoms with Crippen LogP contribution in [0, 0.1) is 0 Å². The molecule has 0 amide bonds. The molecule has 2 heterocycles. The summed E-state index contributed by atoms with van der Waals surface area (Å²) in [5.41, 5.74) is -3.36. The summed E-state index contributed by atoms with van der Waals surface area (Å²) in [6.07, 6.45) is -8.50. The zero-order chi connectivity index (χ0) is 29.1. The molecule has 1 fully saturated rings. The summed E-state index contributed by atoms with van der Waals surface area (Å²) in [5.74, 6) is -0.883. The number of hydrogen-bond donors (Lipinski definition) is 2. The van der Waals surface area contributed by atoms with Gasteiger partial charge < -0.3 is 10.2 Å². The highest BCUT2D eigenvalue weighted by Gasteiger charge is 2.71. The van der Waals surface area contributed by atoms with Gasteiger partial charge in [-0.05, 0) is 34.4 Å². The highest BCUT2D eigenvalue weighted by molar-refractivity contribution is 5.67. The van der Waals surface area contributed by atoms with E-state index in [0.29, 0.717) is 56.0 Å². The minimum atomic E-state index is -5.94. The summed E-state index contributed by atoms with van der Waals surface area (Å²) in [7, 11) is 0. The van der Waals surface area contributed by atoms with Gasteiger partial charge in [-0.25, -0.2) is 0 Å². The predicted molar refractivity (Wildman–Crippen MR) is 134 cm³/mol. The van der Waals surface area contributed by atoms with Crippen LogP contribution in [0.25, 0.3) is 11.1 Å². The van der Waals surface area contributed by atoms with Gasteiger partial charge in [0.2, 0.25) is 0 Å². The first-order chi connectivity index (χ1) is 18.8. The van der Waals surface area contributed by atoms with Crippen molar-refractivity contribution in [1.29, 1.82) is 0 Å². The van der Waals surface area contributed by atoms with E-state index in [9.17, 15) is 41.4 Å². The number of carbonyl (C=O) groups is 1. The monoisotopic (exact) mass is 567 g/mol. The van der Waals surface area contributed by atoms with E-state index < -0.39 is 29.5 Å². The van der Waals surface area contributed by atoms with Crippen molar-refractivity contribution in [2.75, 3.05) is 19.6 Å². The van der Waals surface area contributed by atoms with Crippen LogP contribution in [0.5, 0.6) is 0 Å². The molecule has 2 N–H and O–H groups in total. The molecule has 1 aromatic heterocycles. The van der Waals surface area contributed by atoms with Gasteiger partial charge in [0.05, 0.1) is 6.42 Å². The molecule has 0 unspecified atom stereocenters. The van der Waals surface area contributed by atoms with Crippen LogP contribution in [-0.4, -0.2) is 69.0 Å². The van der Waals surface area contributed by atoms with Gasteiger partial charge in [-0.2, -0.15) is 26.3 Å². The highest BCUT2D eigenvalue weighted by atomic mass is 19.4. The maximum absolute atomic E-state index is 13.1. The van der Waals surface area contributed by atoms with E-state index in [-0.39, 0.29) is 12.5 Å². The third kappa shape index (κ3) is 6.45. The third-order valence-corrected chi connectivity index (χ3v) is 7.05. The van der Waals surface area contributed by atoms with E-state index in [1.165, 1.54) is 0 Å². The number of piperazine rings is 1. The van der Waals surface area contributed by atoms with Crippen LogP contribution in [0.3, 0.4) is 0 Å². The molecule has 2 aromatic carbocycles. The molecule has 0 bridgehead atoms. The molecule has 214 valence electrons. The normalized spacial score (nSPS) is 17.6. The van der Waals surface area contributed by atoms with Crippen molar-refractivity contribution in [3.8, 4) is 11.1 Å². The van der Waals surface area contributed by atoms with E-state index in [4.69, 9.17) is 0 Å². The Morgan fingerprint density at radius 2 is 1.32 bits per heavy atom. The first kappa shape index (κ1) is 29.5. The Bertz CT molecular complexity index is 1270. The Hall–Kier alpha value is -3.48. The van der Waals surface area contributed by atoms with Gasteiger partial charge in [0.1, 0.15) is 0 Å². The van der Waals surface area contributed by atoms with Crippen LogP contribution in [0.1, 0.15) is 23.1 Å². The molecule has 0 spiro atoms. The quantitative estimate of drug-likeness (QED) is 0.364. The summed E-state index contributed by atoms with van der Waals surface area (Å²) in [6, 6.07) is 14.1. The Balaban J connectivity index is 1.43. The maximum Gasteiger partial charge on any atom is 0.430 e. The fourth-order valence-electron chi connectivity index (χ4n) is 4.88. The smallest absolute Gasteiger partial charge is 0.430 e. The lowest BCUT2D eigenvalue weighted by Gasteiger charge is -2.41. The minimum Gasteiger partial charge on any atom is -0.481 e. The number of carboxylic acids is 1. The fourth-order valence-corrected chi connectivity index (χ4v) is 4.88. The van der Waals surface area contributed by atoms with Gasteiger partial charge in [-0.1, -0.05) is 48.5 Å². The molecule has 0 radical (unpaired) electrons. The van der Waals surface area contributed by atoms with Crippen molar-refractivity contribution in [2.45, 2.75) is 43.5 Å². The first-order valence-corrected chi connectivity index (χ1v) is 12.4. The predicted octanol–water partition coefficient (Wildman–Crippen LogP) is 5.22. The summed E-state index contributed by atoms with van der Waals surface area (Å²) in [5, 5.41) is 19.0. The summed E-state index contributed by atoms with van der Waals surface area (Å²) in [6.45, 7) is 3.09. The van der Waals surface area contributed by atoms with Crippen LogP contribution < -0.4 is 0 Å². The number of aromatic nitrogens is 1. The van der Waals surface area contributed by atoms with E-state index in [1.54, 1.807) is 36.7 Å². The molecule has 12 heteroatoms. The van der Waals surface area contributed by atoms with E-state index in [2.05, 4.69) is 14.8 Å². The minimum absolute atomic E-state index is 0.00563. The van der Waals surface area contributed by atoms with Crippen molar-refractivity contribution in [3.05, 3.63) is 89.7 Å². The molecule has 0 saturated carbocycles. The second kappa shape index (κ2) is 11.6. The first-order valence-electron chi connectivity index (χ1n) is 12.4. The molecule has 3 aromatic rings. The number of aliphatic carboxylic acids is 1. The van der Waals surface area contributed by atoms with Crippen molar-refractivity contribution in [3.63, 3.8) is 0 Å². The number of carboxylic acid groups (broad SMARTS) is 1. The van der Waals surface area contributed by atoms with Gasteiger partial charge >= 0.3 is 18.3 Å². The Kier molecular flexibility index (Phi) is 8.52. The number of benzene rings is 2. The zero-order valence-electron chi connectivity index (χ0n) is 21.2. The van der Waals surface area contributed by atoms with E-state index in [0.717, 1.165) is 23.3 Å². The number of rotatable bonds is 8. The van der Waals surface area contributed by atoms with Gasteiger partial charge in [0.15, 0.2) is 0 Å². The molecule has 1 aliphatic rings. The molecule has 4 rings (SSSR count). The average molecular weight is 568 g/mol. The zero-order valence-corrected chi connectivity index (χ0v) is 21.2. The van der Waals surface area contributed by atoms with Crippen molar-refractivity contribution in [1.82, 2.24) is 14.8 Å².